The highest BCUT2D eigenvalue weighted by molar-refractivity contribution is 5.72. The Morgan fingerprint density at radius 2 is 1.65 bits per heavy atom. The first kappa shape index (κ1) is 19.0. The van der Waals surface area contributed by atoms with Crippen LogP contribution in [-0.2, 0) is 16.0 Å². The molecule has 0 aliphatic carbocycles. The lowest BCUT2D eigenvalue weighted by atomic mass is 10.1. The van der Waals surface area contributed by atoms with Gasteiger partial charge in [0.25, 0.3) is 0 Å². The molecule has 23 heavy (non-hydrogen) atoms. The van der Waals surface area contributed by atoms with Gasteiger partial charge in [-0.1, -0.05) is 31.9 Å². The summed E-state index contributed by atoms with van der Waals surface area (Å²) >= 11 is 0. The molecular weight excluding hydrogens is 298 g/mol. The summed E-state index contributed by atoms with van der Waals surface area (Å²) in [6.07, 6.45) is 4.65. The first-order chi connectivity index (χ1) is 11.0. The summed E-state index contributed by atoms with van der Waals surface area (Å²) in [7, 11) is 0. The van der Waals surface area contributed by atoms with E-state index in [-0.39, 0.29) is 26.2 Å². The maximum absolute atomic E-state index is 10.7. The molecule has 0 heterocycles. The van der Waals surface area contributed by atoms with Crippen LogP contribution in [0.3, 0.4) is 0 Å². The monoisotopic (exact) mass is 323 g/mol. The number of carboxylic acids is 2. The fraction of sp³-hybridized carbons (Fsp3) is 0.529. The fourth-order valence-electron chi connectivity index (χ4n) is 2.22. The average Bonchev–Trinajstić information content (AvgIpc) is 2.48. The van der Waals surface area contributed by atoms with Crippen molar-refractivity contribution in [3.63, 3.8) is 0 Å². The van der Waals surface area contributed by atoms with Gasteiger partial charge in [-0.05, 0) is 30.5 Å². The Morgan fingerprint density at radius 1 is 1.04 bits per heavy atom. The van der Waals surface area contributed by atoms with Gasteiger partial charge < -0.3 is 14.9 Å². The van der Waals surface area contributed by atoms with Crippen molar-refractivity contribution in [2.24, 2.45) is 0 Å². The molecule has 0 atom stereocenters. The van der Waals surface area contributed by atoms with Crippen LogP contribution in [-0.4, -0.2) is 53.3 Å². The number of hydrogen-bond donors (Lipinski definition) is 2. The summed E-state index contributed by atoms with van der Waals surface area (Å²) in [5.41, 5.74) is 1.27. The molecule has 0 radical (unpaired) electrons. The summed E-state index contributed by atoms with van der Waals surface area (Å²) in [6.45, 7) is 2.04. The lowest BCUT2D eigenvalue weighted by Gasteiger charge is -2.18. The zero-order valence-corrected chi connectivity index (χ0v) is 13.5. The van der Waals surface area contributed by atoms with Crippen molar-refractivity contribution in [1.82, 2.24) is 4.90 Å². The summed E-state index contributed by atoms with van der Waals surface area (Å²) in [5.74, 6) is -1.40. The first-order valence-electron chi connectivity index (χ1n) is 7.89. The number of carboxylic acid groups (broad SMARTS) is 2. The van der Waals surface area contributed by atoms with Gasteiger partial charge in [0.15, 0.2) is 0 Å². The van der Waals surface area contributed by atoms with Gasteiger partial charge in [0.1, 0.15) is 12.4 Å². The number of aliphatic carboxylic acids is 2. The molecule has 0 amide bonds. The molecule has 0 aliphatic heterocycles. The zero-order chi connectivity index (χ0) is 17.1. The quantitative estimate of drug-likeness (QED) is 0.574. The van der Waals surface area contributed by atoms with Crippen molar-refractivity contribution in [1.29, 1.82) is 0 Å². The lowest BCUT2D eigenvalue weighted by molar-refractivity contribution is -0.141. The molecule has 0 bridgehead atoms. The standard InChI is InChI=1S/C17H25NO5/c1-2-3-4-5-14-6-8-15(9-7-14)23-11-10-18(12-16(19)20)13-17(21)22/h6-9H,2-5,10-13H2,1H3,(H,19,20)(H,21,22). The smallest absolute Gasteiger partial charge is 0.317 e. The van der Waals surface area contributed by atoms with E-state index in [1.54, 1.807) is 0 Å². The van der Waals surface area contributed by atoms with Crippen LogP contribution in [0.4, 0.5) is 0 Å². The minimum absolute atomic E-state index is 0.246. The molecule has 0 aliphatic rings. The predicted octanol–water partition coefficient (Wildman–Crippen LogP) is 2.27. The van der Waals surface area contributed by atoms with E-state index in [2.05, 4.69) is 6.92 Å². The van der Waals surface area contributed by atoms with Gasteiger partial charge >= 0.3 is 11.9 Å². The molecule has 1 rings (SSSR count). The van der Waals surface area contributed by atoms with E-state index < -0.39 is 11.9 Å². The summed E-state index contributed by atoms with van der Waals surface area (Å²) in [5, 5.41) is 17.5. The van der Waals surface area contributed by atoms with Crippen LogP contribution in [0.25, 0.3) is 0 Å². The number of nitrogens with zero attached hydrogens (tertiary/aromatic N) is 1. The Kier molecular flexibility index (Phi) is 8.75. The van der Waals surface area contributed by atoms with E-state index in [1.807, 2.05) is 24.3 Å². The van der Waals surface area contributed by atoms with E-state index in [0.717, 1.165) is 6.42 Å². The molecule has 6 heteroatoms. The van der Waals surface area contributed by atoms with E-state index in [1.165, 1.54) is 29.7 Å². The summed E-state index contributed by atoms with van der Waals surface area (Å²) in [6, 6.07) is 7.83. The first-order valence-corrected chi connectivity index (χ1v) is 7.89. The van der Waals surface area contributed by atoms with Crippen LogP contribution in [0.15, 0.2) is 24.3 Å². The average molecular weight is 323 g/mol. The van der Waals surface area contributed by atoms with Crippen LogP contribution in [0.1, 0.15) is 31.7 Å². The molecule has 0 aromatic heterocycles. The van der Waals surface area contributed by atoms with Crippen LogP contribution < -0.4 is 4.74 Å². The van der Waals surface area contributed by atoms with Crippen molar-refractivity contribution in [3.8, 4) is 5.75 Å². The number of ether oxygens (including phenoxy) is 1. The topological polar surface area (TPSA) is 87.1 Å². The third-order valence-electron chi connectivity index (χ3n) is 3.39. The van der Waals surface area contributed by atoms with Crippen molar-refractivity contribution in [2.75, 3.05) is 26.2 Å². The normalized spacial score (nSPS) is 10.7. The number of benzene rings is 1. The zero-order valence-electron chi connectivity index (χ0n) is 13.5. The van der Waals surface area contributed by atoms with Crippen LogP contribution in [0.5, 0.6) is 5.75 Å². The molecule has 1 aromatic carbocycles. The second kappa shape index (κ2) is 10.6. The Balaban J connectivity index is 2.37. The van der Waals surface area contributed by atoms with Gasteiger partial charge in [0.2, 0.25) is 0 Å². The van der Waals surface area contributed by atoms with E-state index >= 15 is 0 Å². The summed E-state index contributed by atoms with van der Waals surface area (Å²) < 4.78 is 5.55. The second-order valence-corrected chi connectivity index (χ2v) is 5.45. The second-order valence-electron chi connectivity index (χ2n) is 5.45. The van der Waals surface area contributed by atoms with Crippen molar-refractivity contribution in [3.05, 3.63) is 29.8 Å². The third kappa shape index (κ3) is 8.83. The maximum Gasteiger partial charge on any atom is 0.317 e. The van der Waals surface area contributed by atoms with Crippen LogP contribution >= 0.6 is 0 Å². The lowest BCUT2D eigenvalue weighted by Crippen LogP contribution is -2.37. The summed E-state index contributed by atoms with van der Waals surface area (Å²) in [4.78, 5) is 22.7. The Labute approximate surface area is 136 Å². The predicted molar refractivity (Wildman–Crippen MR) is 86.9 cm³/mol. The van der Waals surface area contributed by atoms with Gasteiger partial charge in [0.05, 0.1) is 13.1 Å². The van der Waals surface area contributed by atoms with Crippen LogP contribution in [0.2, 0.25) is 0 Å². The minimum Gasteiger partial charge on any atom is -0.492 e. The highest BCUT2D eigenvalue weighted by Crippen LogP contribution is 2.14. The van der Waals surface area contributed by atoms with Gasteiger partial charge in [0, 0.05) is 6.54 Å². The molecule has 0 saturated heterocycles. The molecule has 0 saturated carbocycles. The molecule has 128 valence electrons. The molecule has 6 nitrogen and oxygen atoms in total. The minimum atomic E-state index is -1.05. The number of hydrogen-bond acceptors (Lipinski definition) is 4. The van der Waals surface area contributed by atoms with Gasteiger partial charge in [-0.25, -0.2) is 0 Å². The highest BCUT2D eigenvalue weighted by Gasteiger charge is 2.13. The number of rotatable bonds is 12. The van der Waals surface area contributed by atoms with Crippen LogP contribution in [0, 0.1) is 0 Å². The number of unbranched alkanes of at least 4 members (excludes halogenated alkanes) is 2. The Morgan fingerprint density at radius 3 is 2.17 bits per heavy atom. The molecule has 2 N–H and O–H groups in total. The Hall–Kier alpha value is -2.08. The molecule has 0 fully saturated rings. The SMILES string of the molecule is CCCCCc1ccc(OCCN(CC(=O)O)CC(=O)O)cc1. The van der Waals surface area contributed by atoms with E-state index in [0.29, 0.717) is 5.75 Å². The third-order valence-corrected chi connectivity index (χ3v) is 3.39. The molecule has 1 aromatic rings. The van der Waals surface area contributed by atoms with Gasteiger partial charge in [-0.15, -0.1) is 0 Å². The molecule has 0 spiro atoms. The van der Waals surface area contributed by atoms with Crippen molar-refractivity contribution < 1.29 is 24.5 Å². The Bertz CT molecular complexity index is 470. The maximum atomic E-state index is 10.7. The van der Waals surface area contributed by atoms with E-state index in [9.17, 15) is 9.59 Å². The van der Waals surface area contributed by atoms with Crippen molar-refractivity contribution in [2.45, 2.75) is 32.6 Å². The highest BCUT2D eigenvalue weighted by atomic mass is 16.5. The molecular formula is C17H25NO5. The van der Waals surface area contributed by atoms with Gasteiger partial charge in [-0.3, -0.25) is 14.5 Å². The van der Waals surface area contributed by atoms with Gasteiger partial charge in [-0.2, -0.15) is 0 Å². The fourth-order valence-corrected chi connectivity index (χ4v) is 2.22. The van der Waals surface area contributed by atoms with Crippen molar-refractivity contribution >= 4 is 11.9 Å². The number of carbonyl (C=O) groups is 2. The largest absolute Gasteiger partial charge is 0.492 e. The molecule has 0 unspecified atom stereocenters. The van der Waals surface area contributed by atoms with E-state index in [4.69, 9.17) is 14.9 Å². The number of aryl methyl sites for hydroxylation is 1.